The van der Waals surface area contributed by atoms with E-state index in [1.165, 1.54) is 19.2 Å². The summed E-state index contributed by atoms with van der Waals surface area (Å²) in [6.07, 6.45) is 0. The predicted octanol–water partition coefficient (Wildman–Crippen LogP) is 2.87. The zero-order valence-electron chi connectivity index (χ0n) is 13.9. The van der Waals surface area contributed by atoms with Gasteiger partial charge >= 0.3 is 5.97 Å². The normalized spacial score (nSPS) is 17.6. The monoisotopic (exact) mass is 327 g/mol. The Balaban J connectivity index is 2.74. The molecular formula is C17H17N3O4. The smallest absolute Gasteiger partial charge is 0.336 e. The molecule has 0 radical (unpaired) electrons. The Morgan fingerprint density at radius 3 is 2.58 bits per heavy atom. The molecule has 0 spiro atoms. The van der Waals surface area contributed by atoms with E-state index < -0.39 is 16.8 Å². The van der Waals surface area contributed by atoms with Crippen LogP contribution in [0.25, 0.3) is 0 Å². The van der Waals surface area contributed by atoms with E-state index in [1.807, 2.05) is 0 Å². The molecule has 0 bridgehead atoms. The van der Waals surface area contributed by atoms with Gasteiger partial charge in [0.2, 0.25) is 0 Å². The van der Waals surface area contributed by atoms with E-state index in [2.05, 4.69) is 6.07 Å². The lowest BCUT2D eigenvalue weighted by molar-refractivity contribution is -0.384. The number of non-ortho nitro benzene ring substituents is 1. The number of rotatable bonds is 3. The average Bonchev–Trinajstić information content (AvgIpc) is 2.58. The molecule has 0 saturated carbocycles. The second-order valence-corrected chi connectivity index (χ2v) is 5.45. The molecule has 1 aliphatic rings. The van der Waals surface area contributed by atoms with Crippen LogP contribution < -0.4 is 0 Å². The van der Waals surface area contributed by atoms with Crippen LogP contribution in [-0.2, 0) is 9.53 Å². The molecule has 1 atom stereocenters. The molecule has 1 aliphatic heterocycles. The van der Waals surface area contributed by atoms with Crippen LogP contribution in [0.5, 0.6) is 0 Å². The maximum absolute atomic E-state index is 12.3. The number of nitriles is 1. The molecule has 0 saturated heterocycles. The second-order valence-electron chi connectivity index (χ2n) is 5.45. The first-order valence-corrected chi connectivity index (χ1v) is 7.21. The molecular weight excluding hydrogens is 310 g/mol. The Morgan fingerprint density at radius 1 is 1.38 bits per heavy atom. The number of allylic oxidation sites excluding steroid dienone is 3. The van der Waals surface area contributed by atoms with E-state index in [4.69, 9.17) is 4.74 Å². The van der Waals surface area contributed by atoms with Crippen LogP contribution >= 0.6 is 0 Å². The highest BCUT2D eigenvalue weighted by molar-refractivity contribution is 5.93. The Hall–Kier alpha value is -3.14. The van der Waals surface area contributed by atoms with E-state index in [-0.39, 0.29) is 5.69 Å². The van der Waals surface area contributed by atoms with Gasteiger partial charge in [-0.15, -0.1) is 0 Å². The fourth-order valence-electron chi connectivity index (χ4n) is 2.85. The van der Waals surface area contributed by atoms with Crippen molar-refractivity contribution in [2.75, 3.05) is 14.2 Å². The van der Waals surface area contributed by atoms with Crippen LogP contribution in [0.3, 0.4) is 0 Å². The van der Waals surface area contributed by atoms with Crippen LogP contribution in [0.2, 0.25) is 0 Å². The first-order valence-electron chi connectivity index (χ1n) is 7.21. The lowest BCUT2D eigenvalue weighted by Gasteiger charge is -2.34. The van der Waals surface area contributed by atoms with Gasteiger partial charge in [0.15, 0.2) is 0 Å². The third-order valence-electron chi connectivity index (χ3n) is 4.30. The van der Waals surface area contributed by atoms with Crippen molar-refractivity contribution in [2.24, 2.45) is 0 Å². The number of nitrogens with zero attached hydrogens (tertiary/aromatic N) is 3. The molecule has 7 nitrogen and oxygen atoms in total. The molecule has 124 valence electrons. The maximum Gasteiger partial charge on any atom is 0.336 e. The second kappa shape index (κ2) is 6.54. The number of esters is 1. The summed E-state index contributed by atoms with van der Waals surface area (Å²) < 4.78 is 4.88. The van der Waals surface area contributed by atoms with E-state index in [9.17, 15) is 20.2 Å². The summed E-state index contributed by atoms with van der Waals surface area (Å²) in [6.45, 7) is 3.54. The predicted molar refractivity (Wildman–Crippen MR) is 86.6 cm³/mol. The van der Waals surface area contributed by atoms with Crippen molar-refractivity contribution < 1.29 is 14.5 Å². The van der Waals surface area contributed by atoms with E-state index in [0.717, 1.165) is 0 Å². The minimum Gasteiger partial charge on any atom is -0.466 e. The molecule has 7 heteroatoms. The summed E-state index contributed by atoms with van der Waals surface area (Å²) in [7, 11) is 3.03. The number of nitro groups is 1. The van der Waals surface area contributed by atoms with Gasteiger partial charge in [0.1, 0.15) is 0 Å². The lowest BCUT2D eigenvalue weighted by atomic mass is 9.80. The fourth-order valence-corrected chi connectivity index (χ4v) is 2.85. The molecule has 0 N–H and O–H groups in total. The van der Waals surface area contributed by atoms with E-state index in [1.54, 1.807) is 37.9 Å². The standard InChI is InChI=1S/C17H17N3O4/c1-10-14(9-18)16(12-6-5-7-13(8-12)20(22)23)15(17(21)24-4)11(2)19(10)3/h5-8,16H,1-4H3/t16-/m0/s1. The molecule has 0 aliphatic carbocycles. The summed E-state index contributed by atoms with van der Waals surface area (Å²) in [5.41, 5.74) is 2.43. The van der Waals surface area contributed by atoms with Crippen LogP contribution in [0.4, 0.5) is 5.69 Å². The number of methoxy groups -OCH3 is 1. The van der Waals surface area contributed by atoms with Crippen molar-refractivity contribution in [3.8, 4) is 6.07 Å². The molecule has 0 aromatic heterocycles. The van der Waals surface area contributed by atoms with Crippen molar-refractivity contribution in [3.63, 3.8) is 0 Å². The minimum atomic E-state index is -0.696. The first kappa shape index (κ1) is 17.2. The van der Waals surface area contributed by atoms with Crippen molar-refractivity contribution in [3.05, 3.63) is 62.5 Å². The minimum absolute atomic E-state index is 0.0942. The number of carbonyl (C=O) groups excluding carboxylic acids is 1. The number of benzene rings is 1. The van der Waals surface area contributed by atoms with Crippen LogP contribution in [0, 0.1) is 21.4 Å². The van der Waals surface area contributed by atoms with Gasteiger partial charge in [-0.2, -0.15) is 5.26 Å². The fraction of sp³-hybridized carbons (Fsp3) is 0.294. The topological polar surface area (TPSA) is 96.5 Å². The Bertz CT molecular complexity index is 817. The maximum atomic E-state index is 12.3. The van der Waals surface area contributed by atoms with E-state index in [0.29, 0.717) is 28.1 Å². The number of nitro benzene ring substituents is 1. The van der Waals surface area contributed by atoms with Gasteiger partial charge in [-0.3, -0.25) is 10.1 Å². The Kier molecular flexibility index (Phi) is 4.69. The summed E-state index contributed by atoms with van der Waals surface area (Å²) in [5.74, 6) is -1.25. The quantitative estimate of drug-likeness (QED) is 0.481. The Morgan fingerprint density at radius 2 is 2.04 bits per heavy atom. The highest BCUT2D eigenvalue weighted by Crippen LogP contribution is 2.41. The average molecular weight is 327 g/mol. The summed E-state index contributed by atoms with van der Waals surface area (Å²) >= 11 is 0. The van der Waals surface area contributed by atoms with Gasteiger partial charge in [0.05, 0.1) is 35.2 Å². The summed E-state index contributed by atoms with van der Waals surface area (Å²) in [6, 6.07) is 8.11. The van der Waals surface area contributed by atoms with Gasteiger partial charge in [-0.25, -0.2) is 4.79 Å². The number of ether oxygens (including phenoxy) is 1. The zero-order valence-corrected chi connectivity index (χ0v) is 13.9. The van der Waals surface area contributed by atoms with Crippen molar-refractivity contribution in [1.29, 1.82) is 5.26 Å². The van der Waals surface area contributed by atoms with Gasteiger partial charge in [-0.05, 0) is 19.4 Å². The largest absolute Gasteiger partial charge is 0.466 e. The highest BCUT2D eigenvalue weighted by Gasteiger charge is 2.36. The van der Waals surface area contributed by atoms with Crippen LogP contribution in [0.1, 0.15) is 25.3 Å². The number of hydrogen-bond acceptors (Lipinski definition) is 6. The molecule has 24 heavy (non-hydrogen) atoms. The first-order chi connectivity index (χ1) is 11.3. The third-order valence-corrected chi connectivity index (χ3v) is 4.30. The lowest BCUT2D eigenvalue weighted by Crippen LogP contribution is -2.29. The van der Waals surface area contributed by atoms with Crippen LogP contribution in [0.15, 0.2) is 46.8 Å². The van der Waals surface area contributed by atoms with Gasteiger partial charge in [0, 0.05) is 30.6 Å². The van der Waals surface area contributed by atoms with Crippen molar-refractivity contribution in [1.82, 2.24) is 4.90 Å². The molecule has 2 rings (SSSR count). The van der Waals surface area contributed by atoms with Crippen molar-refractivity contribution >= 4 is 11.7 Å². The van der Waals surface area contributed by atoms with Gasteiger partial charge < -0.3 is 9.64 Å². The highest BCUT2D eigenvalue weighted by atomic mass is 16.6. The number of carbonyl (C=O) groups is 1. The van der Waals surface area contributed by atoms with Gasteiger partial charge in [-0.1, -0.05) is 12.1 Å². The molecule has 0 unspecified atom stereocenters. The van der Waals surface area contributed by atoms with Crippen LogP contribution in [-0.4, -0.2) is 29.9 Å². The number of hydrogen-bond donors (Lipinski definition) is 0. The van der Waals surface area contributed by atoms with Crippen molar-refractivity contribution in [2.45, 2.75) is 19.8 Å². The zero-order chi connectivity index (χ0) is 18.0. The SMILES string of the molecule is COC(=O)C1=C(C)N(C)C(C)=C(C#N)[C@@H]1c1cccc([N+](=O)[O-])c1. The third kappa shape index (κ3) is 2.74. The molecule has 1 aromatic rings. The Labute approximate surface area is 139 Å². The molecule has 1 heterocycles. The summed E-state index contributed by atoms with van der Waals surface area (Å²) in [4.78, 5) is 24.6. The molecule has 1 aromatic carbocycles. The molecule has 0 fully saturated rings. The summed E-state index contributed by atoms with van der Waals surface area (Å²) in [5, 5.41) is 20.7. The van der Waals surface area contributed by atoms with Gasteiger partial charge in [0.25, 0.3) is 5.69 Å². The van der Waals surface area contributed by atoms with E-state index >= 15 is 0 Å². The molecule has 0 amide bonds.